The smallest absolute Gasteiger partial charge is 0.211 e. The molecule has 2 aliphatic rings. The maximum Gasteiger partial charge on any atom is 0.211 e. The van der Waals surface area contributed by atoms with Crippen LogP contribution >= 0.6 is 0 Å². The highest BCUT2D eigenvalue weighted by Gasteiger charge is 2.32. The topological polar surface area (TPSA) is 66.4 Å². The quantitative estimate of drug-likeness (QED) is 0.833. The lowest BCUT2D eigenvalue weighted by Gasteiger charge is -2.41. The van der Waals surface area contributed by atoms with E-state index in [0.717, 1.165) is 43.7 Å². The summed E-state index contributed by atoms with van der Waals surface area (Å²) >= 11 is 0. The van der Waals surface area contributed by atoms with Crippen LogP contribution in [-0.4, -0.2) is 66.1 Å². The van der Waals surface area contributed by atoms with Crippen LogP contribution in [0.4, 0.5) is 0 Å². The molecule has 0 spiro atoms. The standard InChI is InChI=1S/C16H26N4O2S/c1-13-10-17-11-16(18-13)14-4-3-7-19(12-14)15-5-8-20(9-6-15)23(2,21)22/h10-11,14-15H,3-9,12H2,1-2H3. The van der Waals surface area contributed by atoms with Gasteiger partial charge in [0.15, 0.2) is 0 Å². The molecule has 1 unspecified atom stereocenters. The Hall–Kier alpha value is -1.05. The van der Waals surface area contributed by atoms with Crippen LogP contribution in [0.5, 0.6) is 0 Å². The molecule has 7 heteroatoms. The van der Waals surface area contributed by atoms with E-state index >= 15 is 0 Å². The third-order valence-corrected chi connectivity index (χ3v) is 6.36. The van der Waals surface area contributed by atoms with Crippen LogP contribution in [0.2, 0.25) is 0 Å². The first-order valence-electron chi connectivity index (χ1n) is 8.41. The van der Waals surface area contributed by atoms with Gasteiger partial charge in [0.1, 0.15) is 0 Å². The minimum atomic E-state index is -3.04. The van der Waals surface area contributed by atoms with Crippen molar-refractivity contribution in [2.45, 2.75) is 44.6 Å². The number of aromatic nitrogens is 2. The second-order valence-corrected chi connectivity index (χ2v) is 8.80. The van der Waals surface area contributed by atoms with Gasteiger partial charge in [0.25, 0.3) is 0 Å². The first kappa shape index (κ1) is 16.8. The molecule has 3 heterocycles. The number of aryl methyl sites for hydroxylation is 1. The summed E-state index contributed by atoms with van der Waals surface area (Å²) < 4.78 is 24.9. The van der Waals surface area contributed by atoms with E-state index in [1.54, 1.807) is 10.5 Å². The zero-order valence-corrected chi connectivity index (χ0v) is 14.8. The fourth-order valence-electron chi connectivity index (χ4n) is 3.80. The second-order valence-electron chi connectivity index (χ2n) is 6.81. The third kappa shape index (κ3) is 4.08. The number of sulfonamides is 1. The highest BCUT2D eigenvalue weighted by molar-refractivity contribution is 7.88. The number of rotatable bonds is 3. The van der Waals surface area contributed by atoms with Gasteiger partial charge in [-0.3, -0.25) is 14.9 Å². The molecule has 2 fully saturated rings. The van der Waals surface area contributed by atoms with Crippen LogP contribution in [0.1, 0.15) is 43.0 Å². The van der Waals surface area contributed by atoms with Gasteiger partial charge in [-0.05, 0) is 39.2 Å². The van der Waals surface area contributed by atoms with Gasteiger partial charge in [-0.15, -0.1) is 0 Å². The minimum absolute atomic E-state index is 0.448. The summed E-state index contributed by atoms with van der Waals surface area (Å²) in [7, 11) is -3.04. The van der Waals surface area contributed by atoms with Crippen LogP contribution in [0.25, 0.3) is 0 Å². The normalized spacial score (nSPS) is 25.6. The van der Waals surface area contributed by atoms with Crippen molar-refractivity contribution in [3.05, 3.63) is 23.8 Å². The molecule has 0 N–H and O–H groups in total. The molecule has 0 radical (unpaired) electrons. The van der Waals surface area contributed by atoms with E-state index in [2.05, 4.69) is 14.9 Å². The van der Waals surface area contributed by atoms with Gasteiger partial charge in [-0.1, -0.05) is 0 Å². The fraction of sp³-hybridized carbons (Fsp3) is 0.750. The number of nitrogens with zero attached hydrogens (tertiary/aromatic N) is 4. The van der Waals surface area contributed by atoms with Gasteiger partial charge in [0.05, 0.1) is 17.6 Å². The summed E-state index contributed by atoms with van der Waals surface area (Å²) in [6, 6.07) is 0.494. The van der Waals surface area contributed by atoms with Crippen LogP contribution < -0.4 is 0 Å². The zero-order valence-electron chi connectivity index (χ0n) is 14.0. The van der Waals surface area contributed by atoms with E-state index in [0.29, 0.717) is 25.0 Å². The molecule has 0 bridgehead atoms. The van der Waals surface area contributed by atoms with Gasteiger partial charge >= 0.3 is 0 Å². The second kappa shape index (κ2) is 6.83. The van der Waals surface area contributed by atoms with E-state index in [4.69, 9.17) is 0 Å². The predicted molar refractivity (Wildman–Crippen MR) is 89.8 cm³/mol. The maximum atomic E-state index is 11.6. The van der Waals surface area contributed by atoms with Crippen LogP contribution in [0.15, 0.2) is 12.4 Å². The summed E-state index contributed by atoms with van der Waals surface area (Å²) in [5, 5.41) is 0. The van der Waals surface area contributed by atoms with Crippen molar-refractivity contribution in [1.29, 1.82) is 0 Å². The zero-order chi connectivity index (χ0) is 16.4. The molecule has 23 heavy (non-hydrogen) atoms. The van der Waals surface area contributed by atoms with E-state index in [1.165, 1.54) is 12.7 Å². The third-order valence-electron chi connectivity index (χ3n) is 5.05. The molecule has 2 aliphatic heterocycles. The Morgan fingerprint density at radius 1 is 1.13 bits per heavy atom. The molecule has 0 saturated carbocycles. The van der Waals surface area contributed by atoms with Crippen LogP contribution in [0.3, 0.4) is 0 Å². The first-order valence-corrected chi connectivity index (χ1v) is 10.3. The van der Waals surface area contributed by atoms with Crippen LogP contribution in [-0.2, 0) is 10.0 Å². The first-order chi connectivity index (χ1) is 10.9. The van der Waals surface area contributed by atoms with Gasteiger partial charge in [-0.25, -0.2) is 12.7 Å². The summed E-state index contributed by atoms with van der Waals surface area (Å²) in [5.74, 6) is 0.448. The van der Waals surface area contributed by atoms with Crippen molar-refractivity contribution in [2.75, 3.05) is 32.4 Å². The summed E-state index contributed by atoms with van der Waals surface area (Å²) in [5.41, 5.74) is 2.07. The molecule has 128 valence electrons. The molecule has 1 atom stereocenters. The fourth-order valence-corrected chi connectivity index (χ4v) is 4.67. The molecule has 6 nitrogen and oxygen atoms in total. The monoisotopic (exact) mass is 338 g/mol. The van der Waals surface area contributed by atoms with Crippen molar-refractivity contribution in [3.63, 3.8) is 0 Å². The van der Waals surface area contributed by atoms with Crippen molar-refractivity contribution >= 4 is 10.0 Å². The summed E-state index contributed by atoms with van der Waals surface area (Å²) in [4.78, 5) is 11.5. The lowest BCUT2D eigenvalue weighted by Crippen LogP contribution is -2.49. The number of piperidine rings is 2. The van der Waals surface area contributed by atoms with Crippen molar-refractivity contribution < 1.29 is 8.42 Å². The Labute approximate surface area is 139 Å². The molecule has 0 amide bonds. The molecule has 1 aromatic rings. The van der Waals surface area contributed by atoms with Gasteiger partial charge < -0.3 is 0 Å². The highest BCUT2D eigenvalue weighted by Crippen LogP contribution is 2.29. The van der Waals surface area contributed by atoms with E-state index in [1.807, 2.05) is 13.1 Å². The van der Waals surface area contributed by atoms with E-state index < -0.39 is 10.0 Å². The molecule has 0 aliphatic carbocycles. The van der Waals surface area contributed by atoms with Crippen molar-refractivity contribution in [3.8, 4) is 0 Å². The Morgan fingerprint density at radius 3 is 2.52 bits per heavy atom. The Bertz CT molecular complexity index is 641. The molecule has 2 saturated heterocycles. The van der Waals surface area contributed by atoms with Gasteiger partial charge in [0, 0.05) is 44.0 Å². The van der Waals surface area contributed by atoms with E-state index in [9.17, 15) is 8.42 Å². The Balaban J connectivity index is 1.61. The van der Waals surface area contributed by atoms with Gasteiger partial charge in [-0.2, -0.15) is 0 Å². The predicted octanol–water partition coefficient (Wildman–Crippen LogP) is 1.39. The number of hydrogen-bond acceptors (Lipinski definition) is 5. The van der Waals surface area contributed by atoms with E-state index in [-0.39, 0.29) is 0 Å². The van der Waals surface area contributed by atoms with Gasteiger partial charge in [0.2, 0.25) is 10.0 Å². The maximum absolute atomic E-state index is 11.6. The molecular weight excluding hydrogens is 312 g/mol. The minimum Gasteiger partial charge on any atom is -0.300 e. The lowest BCUT2D eigenvalue weighted by atomic mass is 9.92. The lowest BCUT2D eigenvalue weighted by molar-refractivity contribution is 0.106. The Morgan fingerprint density at radius 2 is 1.87 bits per heavy atom. The molecule has 3 rings (SSSR count). The Kier molecular flexibility index (Phi) is 4.98. The average Bonchev–Trinajstić information content (AvgIpc) is 2.54. The summed E-state index contributed by atoms with van der Waals surface area (Å²) in [6.07, 6.45) is 9.20. The molecule has 1 aromatic heterocycles. The SMILES string of the molecule is Cc1cncc(C2CCCN(C3CCN(S(C)(=O)=O)CC3)C2)n1. The molecule has 0 aromatic carbocycles. The van der Waals surface area contributed by atoms with Crippen LogP contribution in [0, 0.1) is 6.92 Å². The number of likely N-dealkylation sites (tertiary alicyclic amines) is 1. The molecular formula is C16H26N4O2S. The summed E-state index contributed by atoms with van der Waals surface area (Å²) in [6.45, 7) is 5.41. The van der Waals surface area contributed by atoms with Crippen molar-refractivity contribution in [2.24, 2.45) is 0 Å². The number of hydrogen-bond donors (Lipinski definition) is 0. The highest BCUT2D eigenvalue weighted by atomic mass is 32.2. The van der Waals surface area contributed by atoms with Crippen molar-refractivity contribution in [1.82, 2.24) is 19.2 Å². The average molecular weight is 338 g/mol. The largest absolute Gasteiger partial charge is 0.300 e.